The van der Waals surface area contributed by atoms with Crippen molar-refractivity contribution in [1.82, 2.24) is 10.6 Å². The molecular weight excluding hydrogens is 808 g/mol. The fraction of sp³-hybridized carbons (Fsp3) is 0.740. The summed E-state index contributed by atoms with van der Waals surface area (Å²) in [5.74, 6) is -2.45. The molecular formula is C50H71ClN2O9. The maximum Gasteiger partial charge on any atom is 0.309 e. The summed E-state index contributed by atoms with van der Waals surface area (Å²) in [7, 11) is 0. The van der Waals surface area contributed by atoms with Crippen LogP contribution in [0.3, 0.4) is 0 Å². The number of hydrogen-bond acceptors (Lipinski definition) is 8. The number of aliphatic hydroxyl groups is 2. The van der Waals surface area contributed by atoms with Crippen LogP contribution >= 0.6 is 11.6 Å². The Morgan fingerprint density at radius 3 is 2.08 bits per heavy atom. The van der Waals surface area contributed by atoms with E-state index in [9.17, 15) is 39.3 Å². The number of carboxylic acid groups (broad SMARTS) is 1. The van der Waals surface area contributed by atoms with Crippen LogP contribution in [0, 0.1) is 68.0 Å². The van der Waals surface area contributed by atoms with E-state index in [1.165, 1.54) is 19.1 Å². The van der Waals surface area contributed by atoms with Gasteiger partial charge in [-0.15, -0.1) is 0 Å². The van der Waals surface area contributed by atoms with Crippen molar-refractivity contribution in [3.8, 4) is 0 Å². The number of benzene rings is 1. The number of aliphatic hydroxyl groups excluding tert-OH is 2. The number of aliphatic carboxylic acids is 1. The zero-order chi connectivity index (χ0) is 45.7. The molecule has 0 aliphatic heterocycles. The molecule has 5 saturated carbocycles. The van der Waals surface area contributed by atoms with Crippen LogP contribution in [0.1, 0.15) is 144 Å². The highest BCUT2D eigenvalue weighted by atomic mass is 35.5. The van der Waals surface area contributed by atoms with E-state index < -0.39 is 58.7 Å². The Kier molecular flexibility index (Phi) is 12.1. The summed E-state index contributed by atoms with van der Waals surface area (Å²) in [5, 5.41) is 38.5. The van der Waals surface area contributed by atoms with Crippen LogP contribution in [-0.2, 0) is 23.9 Å². The minimum absolute atomic E-state index is 0.0139. The Morgan fingerprint density at radius 1 is 0.823 bits per heavy atom. The summed E-state index contributed by atoms with van der Waals surface area (Å²) in [6, 6.07) is 4.94. The van der Waals surface area contributed by atoms with Gasteiger partial charge in [0.25, 0.3) is 5.91 Å². The van der Waals surface area contributed by atoms with Gasteiger partial charge in [0.2, 0.25) is 5.91 Å². The molecule has 5 fully saturated rings. The molecule has 5 N–H and O–H groups in total. The standard InChI is InChI=1S/C50H71ClN2O9/c1-26(2)38-33(55)24-50(36(56)25-52-42(58)40(27(3)54)53-41(57)28-11-13-29(51)14-12-28)22-21-48(9)30(39(38)50)15-16-35-47(8)19-18-37(46(6,7)34(47)17-20-49(35,48)10)62-44(61)32-23-31(43(59)60)45(32,4)5/h11-14,26-27,30-32,34-37,40,54,56H,15-25H2,1-10H3,(H,52,58)(H,53,57)(H,59,60)/t27?,30-,31+,32-,34+,35-,36+,37+,40-,47+,48-,49-,50+/m1/s1. The molecule has 11 nitrogen and oxygen atoms in total. The van der Waals surface area contributed by atoms with Gasteiger partial charge in [-0.05, 0) is 140 Å². The molecule has 0 radical (unpaired) electrons. The number of fused-ring (bicyclic) bond motifs is 7. The monoisotopic (exact) mass is 878 g/mol. The van der Waals surface area contributed by atoms with Gasteiger partial charge in [-0.25, -0.2) is 0 Å². The summed E-state index contributed by atoms with van der Waals surface area (Å²) < 4.78 is 6.40. The molecule has 0 saturated heterocycles. The second-order valence-corrected chi connectivity index (χ2v) is 23.0. The first kappa shape index (κ1) is 46.7. The number of allylic oxidation sites excluding steroid dienone is 1. The van der Waals surface area contributed by atoms with E-state index in [1.54, 1.807) is 12.1 Å². The number of carbonyl (C=O) groups excluding carboxylic acids is 4. The van der Waals surface area contributed by atoms with Gasteiger partial charge in [0, 0.05) is 34.4 Å². The first-order chi connectivity index (χ1) is 28.8. The number of ketones is 1. The summed E-state index contributed by atoms with van der Waals surface area (Å²) in [5.41, 5.74) is 0.190. The average Bonchev–Trinajstić information content (AvgIpc) is 3.50. The van der Waals surface area contributed by atoms with E-state index >= 15 is 0 Å². The first-order valence-corrected chi connectivity index (χ1v) is 23.6. The molecule has 342 valence electrons. The van der Waals surface area contributed by atoms with Crippen molar-refractivity contribution in [3.63, 3.8) is 0 Å². The van der Waals surface area contributed by atoms with Crippen molar-refractivity contribution in [2.75, 3.05) is 6.54 Å². The maximum atomic E-state index is 14.2. The fourth-order valence-corrected chi connectivity index (χ4v) is 15.1. The van der Waals surface area contributed by atoms with Gasteiger partial charge in [0.15, 0.2) is 5.78 Å². The van der Waals surface area contributed by atoms with E-state index in [4.69, 9.17) is 16.3 Å². The fourth-order valence-electron chi connectivity index (χ4n) is 15.0. The van der Waals surface area contributed by atoms with Gasteiger partial charge in [-0.1, -0.05) is 79.5 Å². The molecule has 6 aliphatic carbocycles. The number of carbonyl (C=O) groups is 5. The van der Waals surface area contributed by atoms with Crippen molar-refractivity contribution in [3.05, 3.63) is 46.0 Å². The highest BCUT2D eigenvalue weighted by Gasteiger charge is 2.71. The molecule has 2 amide bonds. The van der Waals surface area contributed by atoms with E-state index in [-0.39, 0.29) is 69.9 Å². The normalized spacial score (nSPS) is 38.3. The van der Waals surface area contributed by atoms with E-state index in [0.717, 1.165) is 56.1 Å². The Labute approximate surface area is 372 Å². The van der Waals surface area contributed by atoms with Crippen molar-refractivity contribution in [1.29, 1.82) is 0 Å². The Bertz CT molecular complexity index is 2030. The number of nitrogens with one attached hydrogen (secondary N) is 2. The van der Waals surface area contributed by atoms with Crippen molar-refractivity contribution in [2.24, 2.45) is 68.0 Å². The number of amides is 2. The predicted octanol–water partition coefficient (Wildman–Crippen LogP) is 7.94. The number of halogens is 1. The SMILES string of the molecule is CC(C)C1=C2[C@H]3CC[C@@H]4[C@@]5(C)CC[C@H](OC(=O)[C@H]6C[C@@H](C(=O)O)C6(C)C)C(C)(C)[C@@H]5CC[C@@]4(C)[C@]3(C)CC[C@@]2([C@@H](O)CNC(=O)[C@H](NC(=O)c2ccc(Cl)cc2)C(C)O)CC1=O. The third-order valence-electron chi connectivity index (χ3n) is 18.8. The summed E-state index contributed by atoms with van der Waals surface area (Å²) in [6.07, 6.45) is 4.94. The lowest BCUT2D eigenvalue weighted by Crippen LogP contribution is -2.66. The van der Waals surface area contributed by atoms with E-state index in [2.05, 4.69) is 59.1 Å². The smallest absolute Gasteiger partial charge is 0.309 e. The summed E-state index contributed by atoms with van der Waals surface area (Å²) in [6.45, 7) is 21.1. The predicted molar refractivity (Wildman–Crippen MR) is 236 cm³/mol. The van der Waals surface area contributed by atoms with Crippen molar-refractivity contribution >= 4 is 41.1 Å². The van der Waals surface area contributed by atoms with Gasteiger partial charge < -0.3 is 30.7 Å². The van der Waals surface area contributed by atoms with Gasteiger partial charge in [0.1, 0.15) is 12.1 Å². The van der Waals surface area contributed by atoms with Crippen LogP contribution in [-0.4, -0.2) is 75.8 Å². The van der Waals surface area contributed by atoms with Gasteiger partial charge in [0.05, 0.1) is 24.0 Å². The number of esters is 1. The number of ether oxygens (including phenoxy) is 1. The van der Waals surface area contributed by atoms with Crippen molar-refractivity contribution in [2.45, 2.75) is 158 Å². The van der Waals surface area contributed by atoms with Gasteiger partial charge in [-0.3, -0.25) is 24.0 Å². The van der Waals surface area contributed by atoms with Crippen LogP contribution in [0.2, 0.25) is 5.02 Å². The molecule has 0 spiro atoms. The minimum Gasteiger partial charge on any atom is -0.481 e. The number of Topliss-reactive ketones (excluding diaryl/α,β-unsaturated/α-hetero) is 1. The molecule has 0 heterocycles. The molecule has 12 heteroatoms. The molecule has 6 aliphatic rings. The molecule has 1 aromatic carbocycles. The summed E-state index contributed by atoms with van der Waals surface area (Å²) in [4.78, 5) is 66.3. The minimum atomic E-state index is -1.27. The van der Waals surface area contributed by atoms with E-state index in [1.807, 2.05) is 13.8 Å². The third-order valence-corrected chi connectivity index (χ3v) is 19.0. The number of hydrogen-bond donors (Lipinski definition) is 5. The van der Waals surface area contributed by atoms with Crippen LogP contribution < -0.4 is 10.6 Å². The molecule has 13 atom stereocenters. The number of carboxylic acids is 1. The lowest BCUT2D eigenvalue weighted by molar-refractivity contribution is -0.238. The highest BCUT2D eigenvalue weighted by molar-refractivity contribution is 6.30. The Hall–Kier alpha value is -3.28. The third kappa shape index (κ3) is 7.08. The average molecular weight is 880 g/mol. The Morgan fingerprint density at radius 2 is 1.48 bits per heavy atom. The molecule has 1 aromatic rings. The van der Waals surface area contributed by atoms with Crippen LogP contribution in [0.25, 0.3) is 0 Å². The van der Waals surface area contributed by atoms with Crippen LogP contribution in [0.5, 0.6) is 0 Å². The molecule has 7 rings (SSSR count). The van der Waals surface area contributed by atoms with E-state index in [0.29, 0.717) is 29.7 Å². The molecule has 0 bridgehead atoms. The van der Waals surface area contributed by atoms with Crippen LogP contribution in [0.4, 0.5) is 0 Å². The largest absolute Gasteiger partial charge is 0.481 e. The lowest BCUT2D eigenvalue weighted by Gasteiger charge is -2.72. The number of rotatable bonds is 11. The second-order valence-electron chi connectivity index (χ2n) is 22.6. The topological polar surface area (TPSA) is 179 Å². The molecule has 62 heavy (non-hydrogen) atoms. The zero-order valence-electron chi connectivity index (χ0n) is 38.5. The second kappa shape index (κ2) is 16.0. The molecule has 1 unspecified atom stereocenters. The van der Waals surface area contributed by atoms with Gasteiger partial charge >= 0.3 is 11.9 Å². The molecule has 0 aromatic heterocycles. The van der Waals surface area contributed by atoms with Crippen LogP contribution in [0.15, 0.2) is 35.4 Å². The first-order valence-electron chi connectivity index (χ1n) is 23.2. The van der Waals surface area contributed by atoms with Crippen molar-refractivity contribution < 1.29 is 44.0 Å². The maximum absolute atomic E-state index is 14.2. The lowest BCUT2D eigenvalue weighted by atomic mass is 9.33. The quantitative estimate of drug-likeness (QED) is 0.138. The summed E-state index contributed by atoms with van der Waals surface area (Å²) >= 11 is 5.99. The highest BCUT2D eigenvalue weighted by Crippen LogP contribution is 2.77. The zero-order valence-corrected chi connectivity index (χ0v) is 39.3. The Balaban J connectivity index is 1.10. The van der Waals surface area contributed by atoms with Gasteiger partial charge in [-0.2, -0.15) is 0 Å².